The topological polar surface area (TPSA) is 78.3 Å². The number of nitrogens with one attached hydrogen (secondary N) is 1. The highest BCUT2D eigenvalue weighted by molar-refractivity contribution is 5.99. The number of allylic oxidation sites excluding steroid dienone is 2. The maximum Gasteiger partial charge on any atom is 0.226 e. The zero-order valence-corrected chi connectivity index (χ0v) is 20.3. The summed E-state index contributed by atoms with van der Waals surface area (Å²) in [5, 5.41) is 8.28. The third-order valence-corrected chi connectivity index (χ3v) is 6.61. The van der Waals surface area contributed by atoms with Crippen molar-refractivity contribution in [3.63, 3.8) is 0 Å². The average Bonchev–Trinajstić information content (AvgIpc) is 3.26. The molecule has 0 radical (unpaired) electrons. The monoisotopic (exact) mass is 458 g/mol. The van der Waals surface area contributed by atoms with E-state index in [1.165, 1.54) is 5.56 Å². The molecule has 7 nitrogen and oxygen atoms in total. The van der Waals surface area contributed by atoms with Crippen molar-refractivity contribution in [2.75, 3.05) is 19.5 Å². The van der Waals surface area contributed by atoms with Crippen LogP contribution in [-0.4, -0.2) is 34.8 Å². The van der Waals surface area contributed by atoms with Gasteiger partial charge in [0.05, 0.1) is 14.2 Å². The predicted octanol–water partition coefficient (Wildman–Crippen LogP) is 5.28. The minimum atomic E-state index is -0.445. The van der Waals surface area contributed by atoms with Gasteiger partial charge < -0.3 is 14.8 Å². The number of aromatic nitrogens is 3. The van der Waals surface area contributed by atoms with Crippen LogP contribution in [0.25, 0.3) is 11.4 Å². The lowest BCUT2D eigenvalue weighted by Crippen LogP contribution is -2.31. The number of anilines is 1. The molecule has 7 heteroatoms. The van der Waals surface area contributed by atoms with Crippen molar-refractivity contribution in [3.05, 3.63) is 64.9 Å². The summed E-state index contributed by atoms with van der Waals surface area (Å²) < 4.78 is 13.0. The van der Waals surface area contributed by atoms with E-state index in [9.17, 15) is 4.79 Å². The molecule has 1 atom stereocenters. The Labute approximate surface area is 199 Å². The lowest BCUT2D eigenvalue weighted by molar-refractivity contribution is -0.116. The molecule has 0 spiro atoms. The molecule has 2 aliphatic rings. The fourth-order valence-electron chi connectivity index (χ4n) is 4.74. The van der Waals surface area contributed by atoms with Gasteiger partial charge in [-0.25, -0.2) is 4.68 Å². The molecule has 2 heterocycles. The summed E-state index contributed by atoms with van der Waals surface area (Å²) >= 11 is 0. The van der Waals surface area contributed by atoms with Crippen molar-refractivity contribution < 1.29 is 14.3 Å². The highest BCUT2D eigenvalue weighted by Crippen LogP contribution is 2.44. The van der Waals surface area contributed by atoms with Gasteiger partial charge in [0.2, 0.25) is 5.95 Å². The number of benzene rings is 2. The van der Waals surface area contributed by atoms with Crippen LogP contribution in [0.4, 0.5) is 5.95 Å². The number of Topliss-reactive ketones (excluding diaryl/α,β-unsaturated/α-hetero) is 1. The van der Waals surface area contributed by atoms with E-state index in [0.29, 0.717) is 29.7 Å². The molecule has 3 aromatic rings. The molecule has 176 valence electrons. The zero-order chi connectivity index (χ0) is 24.0. The number of hydrogen-bond donors (Lipinski definition) is 1. The van der Waals surface area contributed by atoms with E-state index in [2.05, 4.69) is 50.4 Å². The summed E-state index contributed by atoms with van der Waals surface area (Å²) in [6, 6.07) is 13.6. The summed E-state index contributed by atoms with van der Waals surface area (Å²) in [5.74, 6) is 2.73. The van der Waals surface area contributed by atoms with Gasteiger partial charge in [-0.3, -0.25) is 4.79 Å². The van der Waals surface area contributed by atoms with Crippen LogP contribution >= 0.6 is 0 Å². The number of nitrogens with zero attached hydrogens (tertiary/aromatic N) is 3. The van der Waals surface area contributed by atoms with E-state index in [1.807, 2.05) is 22.9 Å². The second-order valence-electron chi connectivity index (χ2n) is 9.84. The van der Waals surface area contributed by atoms with Crippen molar-refractivity contribution in [2.24, 2.45) is 0 Å². The van der Waals surface area contributed by atoms with Gasteiger partial charge in [-0.05, 0) is 42.0 Å². The Morgan fingerprint density at radius 2 is 1.79 bits per heavy atom. The van der Waals surface area contributed by atoms with E-state index >= 15 is 0 Å². The first kappa shape index (κ1) is 22.2. The summed E-state index contributed by atoms with van der Waals surface area (Å²) in [6.45, 7) is 6.58. The van der Waals surface area contributed by atoms with Gasteiger partial charge in [0.25, 0.3) is 0 Å². The first-order valence-corrected chi connectivity index (χ1v) is 11.6. The van der Waals surface area contributed by atoms with Crippen LogP contribution in [0, 0.1) is 0 Å². The van der Waals surface area contributed by atoms with Gasteiger partial charge in [-0.15, -0.1) is 5.10 Å². The van der Waals surface area contributed by atoms with Crippen LogP contribution in [0.3, 0.4) is 0 Å². The smallest absolute Gasteiger partial charge is 0.226 e. The van der Waals surface area contributed by atoms with Crippen molar-refractivity contribution >= 4 is 11.7 Å². The van der Waals surface area contributed by atoms with Gasteiger partial charge in [-0.1, -0.05) is 45.0 Å². The van der Waals surface area contributed by atoms with Gasteiger partial charge in [0.1, 0.15) is 17.5 Å². The highest BCUT2D eigenvalue weighted by Gasteiger charge is 2.38. The van der Waals surface area contributed by atoms with Crippen LogP contribution in [0.5, 0.6) is 11.5 Å². The quantitative estimate of drug-likeness (QED) is 0.573. The van der Waals surface area contributed by atoms with Crippen molar-refractivity contribution in [3.8, 4) is 22.9 Å². The molecule has 0 saturated heterocycles. The summed E-state index contributed by atoms with van der Waals surface area (Å²) in [4.78, 5) is 18.0. The number of carbonyl (C=O) groups excluding carboxylic acids is 1. The Morgan fingerprint density at radius 1 is 1.03 bits per heavy atom. The third-order valence-electron chi connectivity index (χ3n) is 6.61. The SMILES string of the molecule is COc1ccc(OC)c(C2C3=C(CCCC3=O)Nc3nc(-c4ccc(C(C)(C)C)cc4)nn32)c1. The molecule has 1 aromatic heterocycles. The van der Waals surface area contributed by atoms with E-state index in [4.69, 9.17) is 19.6 Å². The van der Waals surface area contributed by atoms with E-state index in [0.717, 1.165) is 35.2 Å². The fourth-order valence-corrected chi connectivity index (χ4v) is 4.74. The number of hydrogen-bond acceptors (Lipinski definition) is 6. The standard InChI is InChI=1S/C27H30N4O3/c1-27(2,3)17-11-9-16(10-12-17)25-29-26-28-20-7-6-8-21(32)23(20)24(31(26)30-25)19-15-18(33-4)13-14-22(19)34-5/h9-15,24H,6-8H2,1-5H3,(H,28,29,30). The Kier molecular flexibility index (Phi) is 5.42. The molecule has 1 aliphatic carbocycles. The summed E-state index contributed by atoms with van der Waals surface area (Å²) in [7, 11) is 3.26. The van der Waals surface area contributed by atoms with Crippen LogP contribution in [0.1, 0.15) is 57.2 Å². The minimum absolute atomic E-state index is 0.0678. The third kappa shape index (κ3) is 3.75. The molecule has 1 unspecified atom stereocenters. The van der Waals surface area contributed by atoms with Crippen LogP contribution < -0.4 is 14.8 Å². The van der Waals surface area contributed by atoms with E-state index in [1.54, 1.807) is 14.2 Å². The molecule has 1 aliphatic heterocycles. The molecule has 5 rings (SSSR count). The van der Waals surface area contributed by atoms with Gasteiger partial charge in [0.15, 0.2) is 11.6 Å². The van der Waals surface area contributed by atoms with Gasteiger partial charge in [0, 0.05) is 28.8 Å². The number of carbonyl (C=O) groups is 1. The largest absolute Gasteiger partial charge is 0.497 e. The Bertz CT molecular complexity index is 1280. The first-order chi connectivity index (χ1) is 16.3. The predicted molar refractivity (Wildman–Crippen MR) is 131 cm³/mol. The maximum absolute atomic E-state index is 13.2. The molecule has 1 N–H and O–H groups in total. The number of ketones is 1. The molecular formula is C27H30N4O3. The van der Waals surface area contributed by atoms with Crippen LogP contribution in [0.2, 0.25) is 0 Å². The van der Waals surface area contributed by atoms with Gasteiger partial charge >= 0.3 is 0 Å². The first-order valence-electron chi connectivity index (χ1n) is 11.6. The highest BCUT2D eigenvalue weighted by atomic mass is 16.5. The maximum atomic E-state index is 13.2. The van der Waals surface area contributed by atoms with Crippen LogP contribution in [0.15, 0.2) is 53.7 Å². The molecule has 0 fully saturated rings. The van der Waals surface area contributed by atoms with Crippen LogP contribution in [-0.2, 0) is 10.2 Å². The van der Waals surface area contributed by atoms with Crippen molar-refractivity contribution in [1.82, 2.24) is 14.8 Å². The van der Waals surface area contributed by atoms with E-state index < -0.39 is 6.04 Å². The Hall–Kier alpha value is -3.61. The number of methoxy groups -OCH3 is 2. The van der Waals surface area contributed by atoms with Gasteiger partial charge in [-0.2, -0.15) is 4.98 Å². The summed E-state index contributed by atoms with van der Waals surface area (Å²) in [5.41, 5.74) is 4.72. The molecule has 34 heavy (non-hydrogen) atoms. The Morgan fingerprint density at radius 3 is 2.47 bits per heavy atom. The lowest BCUT2D eigenvalue weighted by Gasteiger charge is -2.32. The van der Waals surface area contributed by atoms with Crippen molar-refractivity contribution in [2.45, 2.75) is 51.5 Å². The van der Waals surface area contributed by atoms with E-state index in [-0.39, 0.29) is 11.2 Å². The summed E-state index contributed by atoms with van der Waals surface area (Å²) in [6.07, 6.45) is 2.14. The number of rotatable bonds is 4. The molecule has 0 saturated carbocycles. The number of ether oxygens (including phenoxy) is 2. The van der Waals surface area contributed by atoms with Crippen molar-refractivity contribution in [1.29, 1.82) is 0 Å². The second-order valence-corrected chi connectivity index (χ2v) is 9.84. The molecule has 0 bridgehead atoms. The zero-order valence-electron chi connectivity index (χ0n) is 20.3. The molecular weight excluding hydrogens is 428 g/mol. The normalized spacial score (nSPS) is 17.7. The molecule has 2 aromatic carbocycles. The number of fused-ring (bicyclic) bond motifs is 1. The minimum Gasteiger partial charge on any atom is -0.497 e. The lowest BCUT2D eigenvalue weighted by atomic mass is 9.85. The Balaban J connectivity index is 1.65. The second kappa shape index (κ2) is 8.31. The fraction of sp³-hybridized carbons (Fsp3) is 0.370. The average molecular weight is 459 g/mol. The molecule has 0 amide bonds.